The maximum atomic E-state index is 12.8. The van der Waals surface area contributed by atoms with Gasteiger partial charge in [0.2, 0.25) is 5.91 Å². The van der Waals surface area contributed by atoms with Crippen molar-refractivity contribution >= 4 is 17.2 Å². The van der Waals surface area contributed by atoms with E-state index in [-0.39, 0.29) is 11.9 Å². The van der Waals surface area contributed by atoms with Gasteiger partial charge in [0, 0.05) is 11.4 Å². The SMILES string of the molecule is Cc1ccc([C@@H]2c3ccsc3CCN2C(=O)CNCC(C)C)cc1. The van der Waals surface area contributed by atoms with Crippen LogP contribution in [0.25, 0.3) is 0 Å². The largest absolute Gasteiger partial charge is 0.330 e. The van der Waals surface area contributed by atoms with Crippen molar-refractivity contribution < 1.29 is 4.79 Å². The molecule has 24 heavy (non-hydrogen) atoms. The highest BCUT2D eigenvalue weighted by atomic mass is 32.1. The molecule has 1 aromatic carbocycles. The van der Waals surface area contributed by atoms with Crippen molar-refractivity contribution in [1.82, 2.24) is 10.2 Å². The summed E-state index contributed by atoms with van der Waals surface area (Å²) in [4.78, 5) is 16.3. The van der Waals surface area contributed by atoms with Crippen LogP contribution >= 0.6 is 11.3 Å². The number of hydrogen-bond acceptors (Lipinski definition) is 3. The zero-order valence-corrected chi connectivity index (χ0v) is 15.5. The van der Waals surface area contributed by atoms with Crippen molar-refractivity contribution in [2.75, 3.05) is 19.6 Å². The number of carbonyl (C=O) groups excluding carboxylic acids is 1. The minimum Gasteiger partial charge on any atom is -0.330 e. The summed E-state index contributed by atoms with van der Waals surface area (Å²) in [7, 11) is 0. The Morgan fingerprint density at radius 2 is 2.04 bits per heavy atom. The number of carbonyl (C=O) groups is 1. The van der Waals surface area contributed by atoms with E-state index in [1.54, 1.807) is 0 Å². The Kier molecular flexibility index (Phi) is 5.36. The molecule has 0 saturated carbocycles. The second-order valence-corrected chi connectivity index (χ2v) is 7.97. The molecule has 128 valence electrons. The second-order valence-electron chi connectivity index (χ2n) is 6.97. The summed E-state index contributed by atoms with van der Waals surface area (Å²) in [6, 6.07) is 10.8. The molecule has 0 fully saturated rings. The molecule has 1 aromatic heterocycles. The first-order valence-electron chi connectivity index (χ1n) is 8.69. The average Bonchev–Trinajstić information content (AvgIpc) is 3.03. The summed E-state index contributed by atoms with van der Waals surface area (Å²) in [5.74, 6) is 0.744. The first-order chi connectivity index (χ1) is 11.6. The molecule has 1 aliphatic rings. The van der Waals surface area contributed by atoms with Crippen LogP contribution in [0.3, 0.4) is 0 Å². The molecule has 0 saturated heterocycles. The van der Waals surface area contributed by atoms with Gasteiger partial charge in [-0.05, 0) is 48.4 Å². The molecule has 1 atom stereocenters. The van der Waals surface area contributed by atoms with Crippen LogP contribution in [0.1, 0.15) is 41.5 Å². The van der Waals surface area contributed by atoms with E-state index in [1.807, 2.05) is 16.2 Å². The highest BCUT2D eigenvalue weighted by Gasteiger charge is 2.32. The standard InChI is InChI=1S/C20H26N2OS/c1-14(2)12-21-13-19(23)22-10-8-18-17(9-11-24-18)20(22)16-6-4-15(3)5-7-16/h4-7,9,11,14,20-21H,8,10,12-13H2,1-3H3/t20-/m1/s1. The highest BCUT2D eigenvalue weighted by molar-refractivity contribution is 7.10. The quantitative estimate of drug-likeness (QED) is 0.897. The van der Waals surface area contributed by atoms with Gasteiger partial charge < -0.3 is 10.2 Å². The summed E-state index contributed by atoms with van der Waals surface area (Å²) < 4.78 is 0. The van der Waals surface area contributed by atoms with Crippen LogP contribution in [-0.2, 0) is 11.2 Å². The Balaban J connectivity index is 1.84. The Bertz CT molecular complexity index is 690. The topological polar surface area (TPSA) is 32.3 Å². The lowest BCUT2D eigenvalue weighted by Crippen LogP contribution is -2.44. The van der Waals surface area contributed by atoms with Crippen LogP contribution in [-0.4, -0.2) is 30.4 Å². The molecule has 0 unspecified atom stereocenters. The molecule has 2 aromatic rings. The minimum atomic E-state index is 0.0500. The van der Waals surface area contributed by atoms with Crippen LogP contribution in [0, 0.1) is 12.8 Å². The molecule has 4 heteroatoms. The summed E-state index contributed by atoms with van der Waals surface area (Å²) in [5, 5.41) is 5.44. The van der Waals surface area contributed by atoms with Gasteiger partial charge in [-0.2, -0.15) is 0 Å². The van der Waals surface area contributed by atoms with Crippen molar-refractivity contribution in [3.05, 3.63) is 57.3 Å². The zero-order valence-electron chi connectivity index (χ0n) is 14.7. The summed E-state index contributed by atoms with van der Waals surface area (Å²) in [6.45, 7) is 8.50. The number of amides is 1. The number of nitrogens with one attached hydrogen (secondary N) is 1. The summed E-state index contributed by atoms with van der Waals surface area (Å²) >= 11 is 1.81. The lowest BCUT2D eigenvalue weighted by molar-refractivity contribution is -0.132. The van der Waals surface area contributed by atoms with Crippen molar-refractivity contribution in [2.24, 2.45) is 5.92 Å². The van der Waals surface area contributed by atoms with Gasteiger partial charge in [0.1, 0.15) is 0 Å². The van der Waals surface area contributed by atoms with E-state index in [1.165, 1.54) is 21.6 Å². The number of nitrogens with zero attached hydrogens (tertiary/aromatic N) is 1. The molecule has 0 radical (unpaired) electrons. The maximum absolute atomic E-state index is 12.8. The molecular weight excluding hydrogens is 316 g/mol. The van der Waals surface area contributed by atoms with Gasteiger partial charge >= 0.3 is 0 Å². The van der Waals surface area contributed by atoms with Gasteiger partial charge in [-0.15, -0.1) is 11.3 Å². The van der Waals surface area contributed by atoms with Crippen molar-refractivity contribution in [3.8, 4) is 0 Å². The molecule has 1 N–H and O–H groups in total. The zero-order chi connectivity index (χ0) is 17.1. The third kappa shape index (κ3) is 3.70. The van der Waals surface area contributed by atoms with Crippen molar-refractivity contribution in [1.29, 1.82) is 0 Å². The lowest BCUT2D eigenvalue weighted by atomic mass is 9.92. The number of hydrogen-bond donors (Lipinski definition) is 1. The van der Waals surface area contributed by atoms with Crippen LogP contribution in [0.4, 0.5) is 0 Å². The van der Waals surface area contributed by atoms with Gasteiger partial charge in [0.05, 0.1) is 12.6 Å². The van der Waals surface area contributed by atoms with Gasteiger partial charge in [0.25, 0.3) is 0 Å². The smallest absolute Gasteiger partial charge is 0.237 e. The third-order valence-corrected chi connectivity index (χ3v) is 5.50. The van der Waals surface area contributed by atoms with Gasteiger partial charge in [0.15, 0.2) is 0 Å². The second kappa shape index (κ2) is 7.49. The van der Waals surface area contributed by atoms with E-state index < -0.39 is 0 Å². The molecule has 0 spiro atoms. The number of fused-ring (bicyclic) bond motifs is 1. The summed E-state index contributed by atoms with van der Waals surface area (Å²) in [5.41, 5.74) is 3.75. The Labute approximate surface area is 148 Å². The number of benzene rings is 1. The van der Waals surface area contributed by atoms with E-state index in [0.717, 1.165) is 19.5 Å². The number of thiophene rings is 1. The molecule has 3 nitrogen and oxygen atoms in total. The average molecular weight is 343 g/mol. The molecular formula is C20H26N2OS. The molecule has 3 rings (SSSR count). The normalized spacial score (nSPS) is 17.2. The summed E-state index contributed by atoms with van der Waals surface area (Å²) in [6.07, 6.45) is 0.964. The van der Waals surface area contributed by atoms with Crippen LogP contribution in [0.15, 0.2) is 35.7 Å². The fraction of sp³-hybridized carbons (Fsp3) is 0.450. The third-order valence-electron chi connectivity index (χ3n) is 4.51. The van der Waals surface area contributed by atoms with Crippen molar-refractivity contribution in [2.45, 2.75) is 33.2 Å². The lowest BCUT2D eigenvalue weighted by Gasteiger charge is -2.36. The first kappa shape index (κ1) is 17.2. The van der Waals surface area contributed by atoms with Crippen LogP contribution in [0.2, 0.25) is 0 Å². The molecule has 2 heterocycles. The Morgan fingerprint density at radius 3 is 2.75 bits per heavy atom. The fourth-order valence-corrected chi connectivity index (χ4v) is 4.17. The van der Waals surface area contributed by atoms with Gasteiger partial charge in [-0.1, -0.05) is 43.7 Å². The van der Waals surface area contributed by atoms with Crippen LogP contribution in [0.5, 0.6) is 0 Å². The maximum Gasteiger partial charge on any atom is 0.237 e. The highest BCUT2D eigenvalue weighted by Crippen LogP contribution is 2.37. The van der Waals surface area contributed by atoms with Crippen molar-refractivity contribution in [3.63, 3.8) is 0 Å². The predicted molar refractivity (Wildman–Crippen MR) is 100 cm³/mol. The monoisotopic (exact) mass is 342 g/mol. The van der Waals surface area contributed by atoms with E-state index in [2.05, 4.69) is 61.8 Å². The molecule has 0 aliphatic carbocycles. The molecule has 0 bridgehead atoms. The minimum absolute atomic E-state index is 0.0500. The van der Waals surface area contributed by atoms with Gasteiger partial charge in [-0.25, -0.2) is 0 Å². The van der Waals surface area contributed by atoms with Crippen LogP contribution < -0.4 is 5.32 Å². The fourth-order valence-electron chi connectivity index (χ4n) is 3.26. The van der Waals surface area contributed by atoms with E-state index in [4.69, 9.17) is 0 Å². The Morgan fingerprint density at radius 1 is 1.29 bits per heavy atom. The van der Waals surface area contributed by atoms with E-state index in [0.29, 0.717) is 12.5 Å². The van der Waals surface area contributed by atoms with E-state index in [9.17, 15) is 4.79 Å². The Hall–Kier alpha value is -1.65. The van der Waals surface area contributed by atoms with E-state index >= 15 is 0 Å². The number of rotatable bonds is 5. The first-order valence-corrected chi connectivity index (χ1v) is 9.57. The molecule has 1 amide bonds. The number of aryl methyl sites for hydroxylation is 1. The predicted octanol–water partition coefficient (Wildman–Crippen LogP) is 3.78. The molecule has 1 aliphatic heterocycles. The van der Waals surface area contributed by atoms with Gasteiger partial charge in [-0.3, -0.25) is 4.79 Å².